The molecule has 22 heavy (non-hydrogen) atoms. The van der Waals surface area contributed by atoms with Crippen LogP contribution in [0.1, 0.15) is 0 Å². The minimum absolute atomic E-state index is 0.454. The van der Waals surface area contributed by atoms with Gasteiger partial charge in [-0.3, -0.25) is 0 Å². The Hall–Kier alpha value is -2.11. The molecule has 0 atom stereocenters. The van der Waals surface area contributed by atoms with E-state index in [1.165, 1.54) is 0 Å². The second-order valence-corrected chi connectivity index (χ2v) is 5.61. The minimum Gasteiger partial charge on any atom is -0.486 e. The number of benzene rings is 2. The number of rotatable bonds is 2. The third-order valence-corrected chi connectivity index (χ3v) is 4.17. The zero-order valence-electron chi connectivity index (χ0n) is 11.3. The fourth-order valence-electron chi connectivity index (χ4n) is 2.33. The van der Waals surface area contributed by atoms with Gasteiger partial charge in [-0.15, -0.1) is 0 Å². The summed E-state index contributed by atoms with van der Waals surface area (Å²) in [5.41, 5.74) is 2.32. The fourth-order valence-corrected chi connectivity index (χ4v) is 2.68. The molecule has 0 amide bonds. The first kappa shape index (κ1) is 13.5. The van der Waals surface area contributed by atoms with Crippen molar-refractivity contribution in [2.24, 2.45) is 0 Å². The second kappa shape index (κ2) is 5.26. The number of hydrogen-bond acceptors (Lipinski definition) is 4. The zero-order chi connectivity index (χ0) is 15.1. The number of aromatic amines is 1. The highest BCUT2D eigenvalue weighted by Gasteiger charge is 2.15. The number of imidazole rings is 1. The molecule has 7 heteroatoms. The molecule has 4 rings (SSSR count). The van der Waals surface area contributed by atoms with Gasteiger partial charge in [0, 0.05) is 12.1 Å². The summed E-state index contributed by atoms with van der Waals surface area (Å²) in [6.07, 6.45) is 0. The standard InChI is InChI=1S/C15H11Cl2N3O2/c16-8-2-1-3-9(14(8)17)18-15-19-10-6-12-13(7-11(10)20-15)22-5-4-21-12/h1-3,6-7H,4-5H2,(H2,18,19,20). The van der Waals surface area contributed by atoms with E-state index in [1.807, 2.05) is 24.3 Å². The molecule has 0 saturated carbocycles. The molecule has 1 aliphatic rings. The van der Waals surface area contributed by atoms with E-state index < -0.39 is 0 Å². The van der Waals surface area contributed by atoms with Crippen LogP contribution in [0, 0.1) is 0 Å². The number of H-pyrrole nitrogens is 1. The quantitative estimate of drug-likeness (QED) is 0.729. The van der Waals surface area contributed by atoms with E-state index >= 15 is 0 Å². The van der Waals surface area contributed by atoms with Crippen molar-refractivity contribution in [3.05, 3.63) is 40.4 Å². The Bertz CT molecular complexity index is 820. The van der Waals surface area contributed by atoms with Crippen LogP contribution < -0.4 is 14.8 Å². The van der Waals surface area contributed by atoms with Crippen molar-refractivity contribution in [3.8, 4) is 11.5 Å². The summed E-state index contributed by atoms with van der Waals surface area (Å²) >= 11 is 12.2. The van der Waals surface area contributed by atoms with Crippen molar-refractivity contribution in [2.75, 3.05) is 18.5 Å². The molecule has 0 unspecified atom stereocenters. The Morgan fingerprint density at radius 3 is 2.68 bits per heavy atom. The van der Waals surface area contributed by atoms with Crippen molar-refractivity contribution in [1.29, 1.82) is 0 Å². The van der Waals surface area contributed by atoms with Crippen LogP contribution in [0.25, 0.3) is 11.0 Å². The van der Waals surface area contributed by atoms with E-state index in [0.717, 1.165) is 16.8 Å². The topological polar surface area (TPSA) is 59.2 Å². The molecule has 3 aromatic rings. The van der Waals surface area contributed by atoms with Gasteiger partial charge in [-0.2, -0.15) is 0 Å². The minimum atomic E-state index is 0.454. The predicted molar refractivity (Wildman–Crippen MR) is 86.8 cm³/mol. The number of anilines is 2. The molecule has 0 saturated heterocycles. The summed E-state index contributed by atoms with van der Waals surface area (Å²) in [5, 5.41) is 4.07. The third kappa shape index (κ3) is 2.32. The van der Waals surface area contributed by atoms with E-state index in [0.29, 0.717) is 40.6 Å². The van der Waals surface area contributed by atoms with Crippen LogP contribution in [0.5, 0.6) is 11.5 Å². The number of halogens is 2. The molecule has 0 bridgehead atoms. The molecule has 0 spiro atoms. The first-order chi connectivity index (χ1) is 10.7. The monoisotopic (exact) mass is 335 g/mol. The highest BCUT2D eigenvalue weighted by molar-refractivity contribution is 6.43. The molecule has 112 valence electrons. The molecule has 2 N–H and O–H groups in total. The lowest BCUT2D eigenvalue weighted by Gasteiger charge is -2.17. The summed E-state index contributed by atoms with van der Waals surface area (Å²) < 4.78 is 11.1. The average molecular weight is 336 g/mol. The third-order valence-electron chi connectivity index (χ3n) is 3.35. The van der Waals surface area contributed by atoms with E-state index in [4.69, 9.17) is 32.7 Å². The smallest absolute Gasteiger partial charge is 0.205 e. The maximum absolute atomic E-state index is 6.17. The highest BCUT2D eigenvalue weighted by Crippen LogP contribution is 2.35. The molecule has 5 nitrogen and oxygen atoms in total. The Morgan fingerprint density at radius 2 is 1.86 bits per heavy atom. The van der Waals surface area contributed by atoms with Gasteiger partial charge in [-0.25, -0.2) is 4.98 Å². The Kier molecular flexibility index (Phi) is 3.24. The Morgan fingerprint density at radius 1 is 1.09 bits per heavy atom. The summed E-state index contributed by atoms with van der Waals surface area (Å²) in [6.45, 7) is 1.10. The van der Waals surface area contributed by atoms with Gasteiger partial charge in [0.1, 0.15) is 13.2 Å². The lowest BCUT2D eigenvalue weighted by molar-refractivity contribution is 0.172. The summed E-state index contributed by atoms with van der Waals surface area (Å²) in [7, 11) is 0. The van der Waals surface area contributed by atoms with Gasteiger partial charge in [0.2, 0.25) is 5.95 Å². The number of nitrogens with zero attached hydrogens (tertiary/aromatic N) is 1. The van der Waals surface area contributed by atoms with Gasteiger partial charge in [0.25, 0.3) is 0 Å². The molecule has 2 heterocycles. The van der Waals surface area contributed by atoms with E-state index in [2.05, 4.69) is 15.3 Å². The Balaban J connectivity index is 1.72. The normalized spacial score (nSPS) is 13.4. The largest absolute Gasteiger partial charge is 0.486 e. The van der Waals surface area contributed by atoms with Crippen LogP contribution in [0.2, 0.25) is 10.0 Å². The number of hydrogen-bond donors (Lipinski definition) is 2. The van der Waals surface area contributed by atoms with Crippen LogP contribution >= 0.6 is 23.2 Å². The van der Waals surface area contributed by atoms with Gasteiger partial charge < -0.3 is 19.8 Å². The van der Waals surface area contributed by atoms with Crippen LogP contribution in [-0.2, 0) is 0 Å². The summed E-state index contributed by atoms with van der Waals surface area (Å²) in [4.78, 5) is 7.66. The lowest BCUT2D eigenvalue weighted by atomic mass is 10.2. The Labute approximate surface area is 136 Å². The second-order valence-electron chi connectivity index (χ2n) is 4.82. The first-order valence-electron chi connectivity index (χ1n) is 6.71. The molecular weight excluding hydrogens is 325 g/mol. The van der Waals surface area contributed by atoms with Gasteiger partial charge in [-0.1, -0.05) is 29.3 Å². The molecule has 1 aromatic heterocycles. The van der Waals surface area contributed by atoms with Crippen molar-refractivity contribution >= 4 is 45.9 Å². The maximum Gasteiger partial charge on any atom is 0.205 e. The van der Waals surface area contributed by atoms with Gasteiger partial charge in [0.15, 0.2) is 11.5 Å². The van der Waals surface area contributed by atoms with Crippen molar-refractivity contribution < 1.29 is 9.47 Å². The maximum atomic E-state index is 6.17. The lowest BCUT2D eigenvalue weighted by Crippen LogP contribution is -2.15. The summed E-state index contributed by atoms with van der Waals surface area (Å²) in [6, 6.07) is 9.11. The van der Waals surface area contributed by atoms with E-state index in [9.17, 15) is 0 Å². The van der Waals surface area contributed by atoms with Crippen LogP contribution in [0.15, 0.2) is 30.3 Å². The predicted octanol–water partition coefficient (Wildman–Crippen LogP) is 4.38. The van der Waals surface area contributed by atoms with E-state index in [-0.39, 0.29) is 0 Å². The molecule has 0 radical (unpaired) electrons. The molecule has 1 aliphatic heterocycles. The van der Waals surface area contributed by atoms with Gasteiger partial charge in [-0.05, 0) is 12.1 Å². The van der Waals surface area contributed by atoms with Crippen molar-refractivity contribution in [2.45, 2.75) is 0 Å². The summed E-state index contributed by atoms with van der Waals surface area (Å²) in [5.74, 6) is 1.99. The zero-order valence-corrected chi connectivity index (χ0v) is 12.8. The molecular formula is C15H11Cl2N3O2. The van der Waals surface area contributed by atoms with Gasteiger partial charge >= 0.3 is 0 Å². The van der Waals surface area contributed by atoms with Crippen molar-refractivity contribution in [1.82, 2.24) is 9.97 Å². The molecule has 0 fully saturated rings. The SMILES string of the molecule is Clc1cccc(Nc2nc3cc4c(cc3[nH]2)OCCO4)c1Cl. The fraction of sp³-hybridized carbons (Fsp3) is 0.133. The van der Waals surface area contributed by atoms with Crippen LogP contribution in [0.4, 0.5) is 11.6 Å². The number of aromatic nitrogens is 2. The number of ether oxygens (including phenoxy) is 2. The molecule has 0 aliphatic carbocycles. The molecule has 2 aromatic carbocycles. The van der Waals surface area contributed by atoms with Gasteiger partial charge in [0.05, 0.1) is 26.8 Å². The number of fused-ring (bicyclic) bond motifs is 2. The highest BCUT2D eigenvalue weighted by atomic mass is 35.5. The van der Waals surface area contributed by atoms with Crippen molar-refractivity contribution in [3.63, 3.8) is 0 Å². The van der Waals surface area contributed by atoms with Crippen LogP contribution in [-0.4, -0.2) is 23.2 Å². The average Bonchev–Trinajstić information content (AvgIpc) is 2.90. The van der Waals surface area contributed by atoms with E-state index in [1.54, 1.807) is 6.07 Å². The van der Waals surface area contributed by atoms with Crippen LogP contribution in [0.3, 0.4) is 0 Å². The first-order valence-corrected chi connectivity index (χ1v) is 7.47. The number of nitrogens with one attached hydrogen (secondary N) is 2.